The lowest BCUT2D eigenvalue weighted by Crippen LogP contribution is -2.50. The van der Waals surface area contributed by atoms with Gasteiger partial charge in [-0.05, 0) is 18.2 Å². The molecule has 148 valence electrons. The molecule has 1 aliphatic heterocycles. The monoisotopic (exact) mass is 409 g/mol. The summed E-state index contributed by atoms with van der Waals surface area (Å²) in [5.41, 5.74) is 3.50. The van der Waals surface area contributed by atoms with Crippen LogP contribution in [0.5, 0.6) is 5.75 Å². The SMILES string of the molecule is O=C(c1cccc(OCc2cscn2)c1)N1CCN(C(=O)c2cnccn2)CC1. The fraction of sp³-hybridized carbons (Fsp3) is 0.250. The molecule has 1 saturated heterocycles. The minimum atomic E-state index is -0.164. The van der Waals surface area contributed by atoms with Crippen LogP contribution in [-0.4, -0.2) is 62.7 Å². The van der Waals surface area contributed by atoms with E-state index in [9.17, 15) is 9.59 Å². The minimum Gasteiger partial charge on any atom is -0.487 e. The average Bonchev–Trinajstić information content (AvgIpc) is 3.31. The second-order valence-corrected chi connectivity index (χ2v) is 7.19. The van der Waals surface area contributed by atoms with Gasteiger partial charge in [-0.15, -0.1) is 11.3 Å². The number of hydrogen-bond acceptors (Lipinski definition) is 7. The highest BCUT2D eigenvalue weighted by Crippen LogP contribution is 2.18. The Morgan fingerprint density at radius 3 is 2.52 bits per heavy atom. The molecule has 1 aromatic carbocycles. The summed E-state index contributed by atoms with van der Waals surface area (Å²) in [4.78, 5) is 40.9. The van der Waals surface area contributed by atoms with Gasteiger partial charge in [-0.2, -0.15) is 0 Å². The number of hydrogen-bond donors (Lipinski definition) is 0. The zero-order valence-corrected chi connectivity index (χ0v) is 16.4. The van der Waals surface area contributed by atoms with Gasteiger partial charge in [0.15, 0.2) is 0 Å². The minimum absolute atomic E-state index is 0.0734. The molecule has 2 aromatic heterocycles. The number of rotatable bonds is 5. The Morgan fingerprint density at radius 1 is 1.03 bits per heavy atom. The maximum absolute atomic E-state index is 12.9. The highest BCUT2D eigenvalue weighted by atomic mass is 32.1. The Balaban J connectivity index is 1.34. The summed E-state index contributed by atoms with van der Waals surface area (Å²) in [6.07, 6.45) is 4.48. The van der Waals surface area contributed by atoms with Gasteiger partial charge in [0.2, 0.25) is 0 Å². The highest BCUT2D eigenvalue weighted by Gasteiger charge is 2.26. The van der Waals surface area contributed by atoms with Crippen LogP contribution in [0.2, 0.25) is 0 Å². The fourth-order valence-corrected chi connectivity index (χ4v) is 3.59. The third-order valence-electron chi connectivity index (χ3n) is 4.59. The molecule has 29 heavy (non-hydrogen) atoms. The molecule has 0 bridgehead atoms. The van der Waals surface area contributed by atoms with E-state index in [2.05, 4.69) is 15.0 Å². The molecular formula is C20H19N5O3S. The molecule has 0 unspecified atom stereocenters. The zero-order valence-electron chi connectivity index (χ0n) is 15.6. The number of benzene rings is 1. The fourth-order valence-electron chi connectivity index (χ4n) is 3.05. The van der Waals surface area contributed by atoms with Crippen LogP contribution in [0.25, 0.3) is 0 Å². The first-order valence-electron chi connectivity index (χ1n) is 9.15. The smallest absolute Gasteiger partial charge is 0.274 e. The van der Waals surface area contributed by atoms with Gasteiger partial charge in [0, 0.05) is 49.5 Å². The summed E-state index contributed by atoms with van der Waals surface area (Å²) in [7, 11) is 0. The molecule has 0 radical (unpaired) electrons. The van der Waals surface area contributed by atoms with E-state index in [1.165, 1.54) is 29.9 Å². The number of carbonyl (C=O) groups is 2. The Bertz CT molecular complexity index is 973. The largest absolute Gasteiger partial charge is 0.487 e. The molecular weight excluding hydrogens is 390 g/mol. The molecule has 8 nitrogen and oxygen atoms in total. The van der Waals surface area contributed by atoms with E-state index in [1.807, 2.05) is 11.4 Å². The van der Waals surface area contributed by atoms with Gasteiger partial charge in [0.25, 0.3) is 11.8 Å². The number of aromatic nitrogens is 3. The standard InChI is InChI=1S/C20H19N5O3S/c26-19(15-2-1-3-17(10-15)28-12-16-13-29-14-23-16)24-6-8-25(9-7-24)20(27)18-11-21-4-5-22-18/h1-5,10-11,13-14H,6-9,12H2. The molecule has 0 N–H and O–H groups in total. The van der Waals surface area contributed by atoms with Crippen molar-refractivity contribution in [3.05, 3.63) is 70.7 Å². The first-order chi connectivity index (χ1) is 14.2. The number of nitrogens with zero attached hydrogens (tertiary/aromatic N) is 5. The van der Waals surface area contributed by atoms with Crippen molar-refractivity contribution in [3.8, 4) is 5.75 Å². The van der Waals surface area contributed by atoms with Crippen LogP contribution in [0.15, 0.2) is 53.7 Å². The summed E-state index contributed by atoms with van der Waals surface area (Å²) >= 11 is 1.51. The Hall–Kier alpha value is -3.33. The van der Waals surface area contributed by atoms with E-state index in [4.69, 9.17) is 4.74 Å². The van der Waals surface area contributed by atoms with Crippen molar-refractivity contribution in [3.63, 3.8) is 0 Å². The van der Waals surface area contributed by atoms with Gasteiger partial charge in [0.05, 0.1) is 17.4 Å². The summed E-state index contributed by atoms with van der Waals surface area (Å²) in [6, 6.07) is 7.14. The first kappa shape index (κ1) is 19.0. The zero-order chi connectivity index (χ0) is 20.1. The maximum atomic E-state index is 12.9. The summed E-state index contributed by atoms with van der Waals surface area (Å²) in [6.45, 7) is 2.22. The van der Waals surface area contributed by atoms with Gasteiger partial charge in [-0.1, -0.05) is 6.07 Å². The second kappa shape index (κ2) is 8.78. The van der Waals surface area contributed by atoms with Gasteiger partial charge in [0.1, 0.15) is 18.1 Å². The summed E-state index contributed by atoms with van der Waals surface area (Å²) < 4.78 is 5.73. The van der Waals surface area contributed by atoms with Crippen LogP contribution in [0.1, 0.15) is 26.5 Å². The van der Waals surface area contributed by atoms with E-state index in [0.717, 1.165) is 5.69 Å². The molecule has 4 rings (SSSR count). The molecule has 3 heterocycles. The normalized spacial score (nSPS) is 13.9. The lowest BCUT2D eigenvalue weighted by molar-refractivity contribution is 0.0532. The topological polar surface area (TPSA) is 88.5 Å². The number of ether oxygens (including phenoxy) is 1. The lowest BCUT2D eigenvalue weighted by atomic mass is 10.1. The molecule has 2 amide bonds. The molecule has 0 aliphatic carbocycles. The predicted molar refractivity (Wildman–Crippen MR) is 107 cm³/mol. The third kappa shape index (κ3) is 4.57. The third-order valence-corrected chi connectivity index (χ3v) is 5.22. The predicted octanol–water partition coefficient (Wildman–Crippen LogP) is 2.11. The van der Waals surface area contributed by atoms with Crippen molar-refractivity contribution in [1.29, 1.82) is 0 Å². The van der Waals surface area contributed by atoms with E-state index in [0.29, 0.717) is 49.8 Å². The average molecular weight is 409 g/mol. The summed E-state index contributed by atoms with van der Waals surface area (Å²) in [5, 5.41) is 1.93. The van der Waals surface area contributed by atoms with Crippen molar-refractivity contribution in [2.75, 3.05) is 26.2 Å². The van der Waals surface area contributed by atoms with Crippen molar-refractivity contribution in [2.45, 2.75) is 6.61 Å². The van der Waals surface area contributed by atoms with Crippen LogP contribution in [0.3, 0.4) is 0 Å². The highest BCUT2D eigenvalue weighted by molar-refractivity contribution is 7.07. The Kier molecular flexibility index (Phi) is 5.76. The molecule has 0 atom stereocenters. The van der Waals surface area contributed by atoms with E-state index in [-0.39, 0.29) is 11.8 Å². The van der Waals surface area contributed by atoms with Gasteiger partial charge >= 0.3 is 0 Å². The number of piperazine rings is 1. The van der Waals surface area contributed by atoms with Crippen LogP contribution < -0.4 is 4.74 Å². The lowest BCUT2D eigenvalue weighted by Gasteiger charge is -2.34. The van der Waals surface area contributed by atoms with Gasteiger partial charge in [-0.3, -0.25) is 14.6 Å². The quantitative estimate of drug-likeness (QED) is 0.641. The Morgan fingerprint density at radius 2 is 1.83 bits per heavy atom. The molecule has 1 aliphatic rings. The summed E-state index contributed by atoms with van der Waals surface area (Å²) in [5.74, 6) is 0.388. The van der Waals surface area contributed by atoms with Gasteiger partial charge in [-0.25, -0.2) is 9.97 Å². The molecule has 3 aromatic rings. The van der Waals surface area contributed by atoms with E-state index >= 15 is 0 Å². The van der Waals surface area contributed by atoms with Gasteiger partial charge < -0.3 is 14.5 Å². The molecule has 1 fully saturated rings. The van der Waals surface area contributed by atoms with Crippen molar-refractivity contribution < 1.29 is 14.3 Å². The maximum Gasteiger partial charge on any atom is 0.274 e. The van der Waals surface area contributed by atoms with Crippen molar-refractivity contribution in [1.82, 2.24) is 24.8 Å². The number of carbonyl (C=O) groups excluding carboxylic acids is 2. The molecule has 9 heteroatoms. The van der Waals surface area contributed by atoms with Crippen LogP contribution >= 0.6 is 11.3 Å². The van der Waals surface area contributed by atoms with Crippen LogP contribution in [0, 0.1) is 0 Å². The first-order valence-corrected chi connectivity index (χ1v) is 10.1. The Labute approximate surface area is 171 Å². The van der Waals surface area contributed by atoms with E-state index < -0.39 is 0 Å². The van der Waals surface area contributed by atoms with E-state index in [1.54, 1.807) is 33.5 Å². The number of amides is 2. The second-order valence-electron chi connectivity index (χ2n) is 6.47. The van der Waals surface area contributed by atoms with Crippen molar-refractivity contribution in [2.24, 2.45) is 0 Å². The molecule has 0 saturated carbocycles. The number of thiazole rings is 1. The van der Waals surface area contributed by atoms with Crippen molar-refractivity contribution >= 4 is 23.2 Å². The molecule has 0 spiro atoms. The van der Waals surface area contributed by atoms with Crippen LogP contribution in [-0.2, 0) is 6.61 Å². The van der Waals surface area contributed by atoms with Crippen LogP contribution in [0.4, 0.5) is 0 Å².